The molecule has 22 heavy (non-hydrogen) atoms. The second-order valence-corrected chi connectivity index (χ2v) is 5.18. The average molecular weight is 316 g/mol. The molecule has 110 valence electrons. The summed E-state index contributed by atoms with van der Waals surface area (Å²) in [7, 11) is 0. The van der Waals surface area contributed by atoms with Crippen molar-refractivity contribution >= 4 is 34.4 Å². The van der Waals surface area contributed by atoms with Gasteiger partial charge in [-0.25, -0.2) is 14.4 Å². The lowest BCUT2D eigenvalue weighted by molar-refractivity contribution is 0.102. The van der Waals surface area contributed by atoms with Crippen LogP contribution in [0.15, 0.2) is 42.5 Å². The van der Waals surface area contributed by atoms with Crippen LogP contribution in [0.2, 0.25) is 5.15 Å². The predicted molar refractivity (Wildman–Crippen MR) is 83.6 cm³/mol. The van der Waals surface area contributed by atoms with Gasteiger partial charge in [-0.2, -0.15) is 0 Å². The van der Waals surface area contributed by atoms with E-state index in [4.69, 9.17) is 11.6 Å². The Morgan fingerprint density at radius 1 is 1.14 bits per heavy atom. The predicted octanol–water partition coefficient (Wildman–Crippen LogP) is 3.98. The molecular weight excluding hydrogens is 305 g/mol. The van der Waals surface area contributed by atoms with Gasteiger partial charge in [0.25, 0.3) is 5.91 Å². The summed E-state index contributed by atoms with van der Waals surface area (Å²) in [4.78, 5) is 20.6. The summed E-state index contributed by atoms with van der Waals surface area (Å²) >= 11 is 5.83. The van der Waals surface area contributed by atoms with Gasteiger partial charge in [-0.3, -0.25) is 4.79 Å². The van der Waals surface area contributed by atoms with E-state index in [2.05, 4.69) is 15.3 Å². The monoisotopic (exact) mass is 315 g/mol. The normalized spacial score (nSPS) is 10.7. The Labute approximate surface area is 131 Å². The van der Waals surface area contributed by atoms with Crippen molar-refractivity contribution in [2.75, 3.05) is 5.32 Å². The van der Waals surface area contributed by atoms with E-state index in [0.29, 0.717) is 27.7 Å². The number of fused-ring (bicyclic) bond motifs is 1. The molecule has 6 heteroatoms. The van der Waals surface area contributed by atoms with Gasteiger partial charge in [0.15, 0.2) is 5.65 Å². The second kappa shape index (κ2) is 5.69. The smallest absolute Gasteiger partial charge is 0.257 e. The molecule has 0 aliphatic rings. The van der Waals surface area contributed by atoms with E-state index < -0.39 is 0 Å². The molecular formula is C16H11ClFN3O. The van der Waals surface area contributed by atoms with Crippen molar-refractivity contribution < 1.29 is 9.18 Å². The Hall–Kier alpha value is -2.53. The number of carbonyl (C=O) groups excluding carboxylic acids is 1. The van der Waals surface area contributed by atoms with E-state index in [9.17, 15) is 9.18 Å². The Morgan fingerprint density at radius 2 is 1.91 bits per heavy atom. The summed E-state index contributed by atoms with van der Waals surface area (Å²) in [6.07, 6.45) is 0. The number of amides is 1. The number of halogens is 2. The maximum atomic E-state index is 13.1. The fourth-order valence-corrected chi connectivity index (χ4v) is 2.25. The number of rotatable bonds is 2. The van der Waals surface area contributed by atoms with Crippen molar-refractivity contribution in [1.82, 2.24) is 9.97 Å². The van der Waals surface area contributed by atoms with Gasteiger partial charge >= 0.3 is 0 Å². The molecule has 0 fully saturated rings. The second-order valence-electron chi connectivity index (χ2n) is 4.79. The molecule has 0 saturated heterocycles. The number of pyridine rings is 2. The number of nitrogens with one attached hydrogen (secondary N) is 1. The highest BCUT2D eigenvalue weighted by atomic mass is 35.5. The number of aryl methyl sites for hydroxylation is 1. The zero-order chi connectivity index (χ0) is 15.7. The van der Waals surface area contributed by atoms with Crippen molar-refractivity contribution in [3.8, 4) is 0 Å². The Bertz CT molecular complexity index is 882. The summed E-state index contributed by atoms with van der Waals surface area (Å²) in [5, 5.41) is 3.83. The summed E-state index contributed by atoms with van der Waals surface area (Å²) in [5.74, 6) is -0.376. The van der Waals surface area contributed by atoms with Gasteiger partial charge in [-0.15, -0.1) is 0 Å². The van der Waals surface area contributed by atoms with Crippen molar-refractivity contribution in [3.63, 3.8) is 0 Å². The molecule has 0 unspecified atom stereocenters. The van der Waals surface area contributed by atoms with Crippen LogP contribution in [0, 0.1) is 12.7 Å². The first-order valence-corrected chi connectivity index (χ1v) is 6.91. The maximum Gasteiger partial charge on any atom is 0.257 e. The van der Waals surface area contributed by atoms with Crippen LogP contribution in [0.5, 0.6) is 0 Å². The summed E-state index contributed by atoms with van der Waals surface area (Å²) in [6.45, 7) is 1.67. The minimum atomic E-state index is -0.378. The number of nitrogens with zero attached hydrogens (tertiary/aromatic N) is 2. The number of hydrogen-bond acceptors (Lipinski definition) is 3. The van der Waals surface area contributed by atoms with Crippen LogP contribution in [-0.4, -0.2) is 15.9 Å². The quantitative estimate of drug-likeness (QED) is 0.728. The Balaban J connectivity index is 1.90. The van der Waals surface area contributed by atoms with Gasteiger partial charge in [0.1, 0.15) is 16.8 Å². The van der Waals surface area contributed by atoms with E-state index in [1.54, 1.807) is 31.2 Å². The molecule has 0 radical (unpaired) electrons. The molecule has 1 N–H and O–H groups in total. The minimum Gasteiger partial charge on any atom is -0.306 e. The zero-order valence-corrected chi connectivity index (χ0v) is 12.4. The van der Waals surface area contributed by atoms with Gasteiger partial charge in [-0.1, -0.05) is 11.6 Å². The summed E-state index contributed by atoms with van der Waals surface area (Å²) < 4.78 is 13.1. The molecule has 1 aromatic carbocycles. The number of benzene rings is 1. The summed E-state index contributed by atoms with van der Waals surface area (Å²) in [5.41, 5.74) is 1.39. The van der Waals surface area contributed by atoms with Gasteiger partial charge in [0.2, 0.25) is 0 Å². The van der Waals surface area contributed by atoms with Crippen LogP contribution in [0.1, 0.15) is 15.9 Å². The van der Waals surface area contributed by atoms with Crippen molar-refractivity contribution in [3.05, 3.63) is 64.6 Å². The molecule has 2 aromatic heterocycles. The third-order valence-electron chi connectivity index (χ3n) is 3.19. The molecule has 0 aliphatic carbocycles. The van der Waals surface area contributed by atoms with Crippen molar-refractivity contribution in [1.29, 1.82) is 0 Å². The molecule has 2 heterocycles. The fraction of sp³-hybridized carbons (Fsp3) is 0.0625. The van der Waals surface area contributed by atoms with Crippen LogP contribution >= 0.6 is 11.6 Å². The van der Waals surface area contributed by atoms with Crippen LogP contribution < -0.4 is 5.32 Å². The van der Waals surface area contributed by atoms with Crippen LogP contribution in [0.25, 0.3) is 11.0 Å². The largest absolute Gasteiger partial charge is 0.306 e. The highest BCUT2D eigenvalue weighted by Gasteiger charge is 2.11. The number of carbonyl (C=O) groups is 1. The first-order valence-electron chi connectivity index (χ1n) is 6.54. The van der Waals surface area contributed by atoms with Gasteiger partial charge in [-0.05, 0) is 55.0 Å². The highest BCUT2D eigenvalue weighted by molar-refractivity contribution is 6.29. The van der Waals surface area contributed by atoms with Crippen LogP contribution in [-0.2, 0) is 0 Å². The number of hydrogen-bond donors (Lipinski definition) is 1. The third kappa shape index (κ3) is 2.89. The van der Waals surface area contributed by atoms with E-state index in [1.165, 1.54) is 18.2 Å². The van der Waals surface area contributed by atoms with Gasteiger partial charge in [0, 0.05) is 10.9 Å². The third-order valence-corrected chi connectivity index (χ3v) is 3.40. The van der Waals surface area contributed by atoms with E-state index in [0.717, 1.165) is 5.39 Å². The van der Waals surface area contributed by atoms with E-state index in [1.807, 2.05) is 0 Å². The zero-order valence-electron chi connectivity index (χ0n) is 11.6. The van der Waals surface area contributed by atoms with Gasteiger partial charge in [0.05, 0.1) is 0 Å². The average Bonchev–Trinajstić information content (AvgIpc) is 2.46. The lowest BCUT2D eigenvalue weighted by Crippen LogP contribution is -2.14. The van der Waals surface area contributed by atoms with E-state index >= 15 is 0 Å². The molecule has 3 rings (SSSR count). The summed E-state index contributed by atoms with van der Waals surface area (Å²) in [6, 6.07) is 10.9. The number of anilines is 1. The molecule has 0 spiro atoms. The highest BCUT2D eigenvalue weighted by Crippen LogP contribution is 2.17. The lowest BCUT2D eigenvalue weighted by Gasteiger charge is -2.08. The standard InChI is InChI=1S/C16H11ClFN3O/c1-9-8-11(18)4-5-12(9)16(22)21-14-7-3-10-2-6-13(17)19-15(10)20-14/h2-8H,1H3,(H,19,20,21,22). The van der Waals surface area contributed by atoms with Crippen LogP contribution in [0.3, 0.4) is 0 Å². The molecule has 0 bridgehead atoms. The Kier molecular flexibility index (Phi) is 3.73. The van der Waals surface area contributed by atoms with Gasteiger partial charge < -0.3 is 5.32 Å². The Morgan fingerprint density at radius 3 is 2.68 bits per heavy atom. The molecule has 0 aliphatic heterocycles. The SMILES string of the molecule is Cc1cc(F)ccc1C(=O)Nc1ccc2ccc(Cl)nc2n1. The molecule has 1 amide bonds. The molecule has 3 aromatic rings. The fourth-order valence-electron chi connectivity index (χ4n) is 2.11. The first kappa shape index (κ1) is 14.4. The minimum absolute atomic E-state index is 0.331. The topological polar surface area (TPSA) is 54.9 Å². The van der Waals surface area contributed by atoms with Crippen molar-refractivity contribution in [2.45, 2.75) is 6.92 Å². The van der Waals surface area contributed by atoms with Crippen molar-refractivity contribution in [2.24, 2.45) is 0 Å². The van der Waals surface area contributed by atoms with Crippen LogP contribution in [0.4, 0.5) is 10.2 Å². The number of aromatic nitrogens is 2. The molecule has 4 nitrogen and oxygen atoms in total. The molecule has 0 saturated carbocycles. The lowest BCUT2D eigenvalue weighted by atomic mass is 10.1. The maximum absolute atomic E-state index is 13.1. The van der Waals surface area contributed by atoms with E-state index in [-0.39, 0.29) is 11.7 Å². The first-order chi connectivity index (χ1) is 10.5. The molecule has 0 atom stereocenters.